The molecule has 0 radical (unpaired) electrons. The van der Waals surface area contributed by atoms with Gasteiger partial charge in [0.1, 0.15) is 10.6 Å². The summed E-state index contributed by atoms with van der Waals surface area (Å²) in [6.07, 6.45) is 0. The summed E-state index contributed by atoms with van der Waals surface area (Å²) in [6, 6.07) is 4.21. The number of hydrogen-bond donors (Lipinski definition) is 3. The summed E-state index contributed by atoms with van der Waals surface area (Å²) in [5.41, 5.74) is 0.340. The lowest BCUT2D eigenvalue weighted by molar-refractivity contribution is -0.114. The SMILES string of the molecule is COc1ccc(NC(C)=O)cc1S(=O)(=O)NN. The average Bonchev–Trinajstić information content (AvgIpc) is 2.28. The van der Waals surface area contributed by atoms with E-state index in [9.17, 15) is 13.2 Å². The maximum atomic E-state index is 11.6. The highest BCUT2D eigenvalue weighted by molar-refractivity contribution is 7.89. The summed E-state index contributed by atoms with van der Waals surface area (Å²) >= 11 is 0. The number of amides is 1. The fourth-order valence-electron chi connectivity index (χ4n) is 1.23. The highest BCUT2D eigenvalue weighted by Gasteiger charge is 2.18. The average molecular weight is 259 g/mol. The van der Waals surface area contributed by atoms with Gasteiger partial charge in [0.2, 0.25) is 5.91 Å². The molecule has 0 spiro atoms. The smallest absolute Gasteiger partial charge is 0.256 e. The van der Waals surface area contributed by atoms with E-state index in [1.54, 1.807) is 4.83 Å². The molecule has 0 unspecified atom stereocenters. The van der Waals surface area contributed by atoms with E-state index in [2.05, 4.69) is 5.32 Å². The van der Waals surface area contributed by atoms with Crippen LogP contribution in [0.1, 0.15) is 6.92 Å². The van der Waals surface area contributed by atoms with Crippen molar-refractivity contribution < 1.29 is 17.9 Å². The first-order valence-electron chi connectivity index (χ1n) is 4.58. The molecule has 1 aromatic rings. The Labute approximate surface area is 99.0 Å². The zero-order chi connectivity index (χ0) is 13.1. The summed E-state index contributed by atoms with van der Waals surface area (Å²) in [5.74, 6) is 4.76. The topological polar surface area (TPSA) is 111 Å². The van der Waals surface area contributed by atoms with Gasteiger partial charge >= 0.3 is 0 Å². The molecule has 1 rings (SSSR count). The molecular weight excluding hydrogens is 246 g/mol. The Morgan fingerprint density at radius 1 is 1.41 bits per heavy atom. The van der Waals surface area contributed by atoms with Crippen molar-refractivity contribution in [2.45, 2.75) is 11.8 Å². The van der Waals surface area contributed by atoms with Gasteiger partial charge in [-0.05, 0) is 18.2 Å². The Bertz CT molecular complexity index is 527. The van der Waals surface area contributed by atoms with Gasteiger partial charge in [0, 0.05) is 12.6 Å². The third kappa shape index (κ3) is 3.16. The summed E-state index contributed by atoms with van der Waals surface area (Å²) in [6.45, 7) is 1.32. The molecule has 94 valence electrons. The van der Waals surface area contributed by atoms with E-state index < -0.39 is 10.0 Å². The van der Waals surface area contributed by atoms with Crippen LogP contribution in [-0.2, 0) is 14.8 Å². The second-order valence-electron chi connectivity index (χ2n) is 3.17. The quantitative estimate of drug-likeness (QED) is 0.512. The predicted molar refractivity (Wildman–Crippen MR) is 61.8 cm³/mol. The lowest BCUT2D eigenvalue weighted by Crippen LogP contribution is -2.30. The minimum Gasteiger partial charge on any atom is -0.495 e. The van der Waals surface area contributed by atoms with Crippen LogP contribution in [0.15, 0.2) is 23.1 Å². The van der Waals surface area contributed by atoms with Gasteiger partial charge < -0.3 is 10.1 Å². The molecule has 0 aliphatic rings. The van der Waals surface area contributed by atoms with Crippen molar-refractivity contribution in [1.29, 1.82) is 0 Å². The van der Waals surface area contributed by atoms with Crippen molar-refractivity contribution in [2.24, 2.45) is 5.84 Å². The first kappa shape index (κ1) is 13.4. The molecule has 0 heterocycles. The first-order valence-corrected chi connectivity index (χ1v) is 6.07. The Kier molecular flexibility index (Phi) is 4.05. The van der Waals surface area contributed by atoms with Gasteiger partial charge in [0.15, 0.2) is 0 Å². The zero-order valence-electron chi connectivity index (χ0n) is 9.35. The van der Waals surface area contributed by atoms with E-state index in [0.29, 0.717) is 5.69 Å². The van der Waals surface area contributed by atoms with E-state index in [1.165, 1.54) is 32.2 Å². The standard InChI is InChI=1S/C9H13N3O4S/c1-6(13)11-7-3-4-8(16-2)9(5-7)17(14,15)12-10/h3-5,12H,10H2,1-2H3,(H,11,13). The number of nitrogens with one attached hydrogen (secondary N) is 2. The number of ether oxygens (including phenoxy) is 1. The summed E-state index contributed by atoms with van der Waals surface area (Å²) in [5, 5.41) is 2.47. The molecule has 0 aromatic heterocycles. The normalized spacial score (nSPS) is 11.0. The van der Waals surface area contributed by atoms with Gasteiger partial charge in [-0.2, -0.15) is 0 Å². The molecule has 17 heavy (non-hydrogen) atoms. The number of hydrazine groups is 1. The first-order chi connectivity index (χ1) is 7.90. The molecule has 1 amide bonds. The third-order valence-electron chi connectivity index (χ3n) is 1.93. The fourth-order valence-corrected chi connectivity index (χ4v) is 2.06. The molecule has 7 nitrogen and oxygen atoms in total. The Balaban J connectivity index is 3.30. The number of benzene rings is 1. The number of hydrogen-bond acceptors (Lipinski definition) is 5. The predicted octanol–water partition coefficient (Wildman–Crippen LogP) is -0.194. The monoisotopic (exact) mass is 259 g/mol. The van der Waals surface area contributed by atoms with Crippen molar-refractivity contribution in [3.05, 3.63) is 18.2 Å². The minimum absolute atomic E-state index is 0.136. The molecular formula is C9H13N3O4S. The van der Waals surface area contributed by atoms with Crippen molar-refractivity contribution in [1.82, 2.24) is 4.83 Å². The van der Waals surface area contributed by atoms with Gasteiger partial charge in [-0.25, -0.2) is 8.42 Å². The van der Waals surface area contributed by atoms with Crippen LogP contribution in [0.3, 0.4) is 0 Å². The van der Waals surface area contributed by atoms with E-state index in [1.807, 2.05) is 0 Å². The van der Waals surface area contributed by atoms with Crippen LogP contribution >= 0.6 is 0 Å². The van der Waals surface area contributed by atoms with Crippen LogP contribution in [0.25, 0.3) is 0 Å². The molecule has 0 aliphatic carbocycles. The third-order valence-corrected chi connectivity index (χ3v) is 3.14. The number of anilines is 1. The maximum Gasteiger partial charge on any atom is 0.256 e. The molecule has 0 saturated heterocycles. The molecule has 0 bridgehead atoms. The molecule has 0 aliphatic heterocycles. The number of carbonyl (C=O) groups is 1. The van der Waals surface area contributed by atoms with Crippen molar-refractivity contribution in [3.63, 3.8) is 0 Å². The number of methoxy groups -OCH3 is 1. The second-order valence-corrected chi connectivity index (χ2v) is 4.85. The van der Waals surface area contributed by atoms with Gasteiger partial charge in [0.05, 0.1) is 7.11 Å². The van der Waals surface area contributed by atoms with Crippen molar-refractivity contribution in [2.75, 3.05) is 12.4 Å². The molecule has 1 aromatic carbocycles. The van der Waals surface area contributed by atoms with Crippen molar-refractivity contribution in [3.8, 4) is 5.75 Å². The second kappa shape index (κ2) is 5.13. The number of rotatable bonds is 4. The maximum absolute atomic E-state index is 11.6. The molecule has 0 fully saturated rings. The molecule has 4 N–H and O–H groups in total. The summed E-state index contributed by atoms with van der Waals surface area (Å²) < 4.78 is 28.1. The number of sulfonamides is 1. The van der Waals surface area contributed by atoms with Crippen LogP contribution in [-0.4, -0.2) is 21.4 Å². The van der Waals surface area contributed by atoms with Crippen LogP contribution in [0, 0.1) is 0 Å². The number of nitrogens with two attached hydrogens (primary N) is 1. The van der Waals surface area contributed by atoms with Gasteiger partial charge in [-0.3, -0.25) is 10.6 Å². The van der Waals surface area contributed by atoms with Crippen LogP contribution in [0.2, 0.25) is 0 Å². The largest absolute Gasteiger partial charge is 0.495 e. The fraction of sp³-hybridized carbons (Fsp3) is 0.222. The number of carbonyl (C=O) groups excluding carboxylic acids is 1. The summed E-state index contributed by atoms with van der Waals surface area (Å²) in [4.78, 5) is 12.4. The Hall–Kier alpha value is -1.64. The van der Waals surface area contributed by atoms with E-state index >= 15 is 0 Å². The zero-order valence-corrected chi connectivity index (χ0v) is 10.2. The van der Waals surface area contributed by atoms with Gasteiger partial charge in [-0.15, -0.1) is 4.83 Å². The van der Waals surface area contributed by atoms with Crippen molar-refractivity contribution >= 4 is 21.6 Å². The lowest BCUT2D eigenvalue weighted by Gasteiger charge is -2.10. The molecule has 0 atom stereocenters. The molecule has 8 heteroatoms. The molecule has 0 saturated carbocycles. The van der Waals surface area contributed by atoms with E-state index in [4.69, 9.17) is 10.6 Å². The minimum atomic E-state index is -3.85. The van der Waals surface area contributed by atoms with Crippen LogP contribution in [0.4, 0.5) is 5.69 Å². The van der Waals surface area contributed by atoms with Gasteiger partial charge in [-0.1, -0.05) is 0 Å². The highest BCUT2D eigenvalue weighted by atomic mass is 32.2. The Morgan fingerprint density at radius 3 is 2.53 bits per heavy atom. The van der Waals surface area contributed by atoms with Gasteiger partial charge in [0.25, 0.3) is 10.0 Å². The van der Waals surface area contributed by atoms with E-state index in [0.717, 1.165) is 0 Å². The van der Waals surface area contributed by atoms with Crippen LogP contribution < -0.4 is 20.7 Å². The van der Waals surface area contributed by atoms with E-state index in [-0.39, 0.29) is 16.6 Å². The summed E-state index contributed by atoms with van der Waals surface area (Å²) in [7, 11) is -2.51. The Morgan fingerprint density at radius 2 is 2.06 bits per heavy atom. The lowest BCUT2D eigenvalue weighted by atomic mass is 10.3. The van der Waals surface area contributed by atoms with Crippen LogP contribution in [0.5, 0.6) is 5.75 Å². The highest BCUT2D eigenvalue weighted by Crippen LogP contribution is 2.26.